The molecule has 0 aromatic heterocycles. The van der Waals surface area contributed by atoms with Gasteiger partial charge in [0.25, 0.3) is 23.6 Å². The number of aliphatic carboxylic acids is 1. The number of hydrogen-bond donors (Lipinski definition) is 4. The molecule has 228 valence electrons. The Morgan fingerprint density at radius 2 is 1.55 bits per heavy atom. The van der Waals surface area contributed by atoms with E-state index in [9.17, 15) is 24.0 Å². The van der Waals surface area contributed by atoms with E-state index >= 15 is 0 Å². The largest absolute Gasteiger partial charge is 0.482 e. The molecule has 0 atom stereocenters. The smallest absolute Gasteiger partial charge is 0.303 e. The fourth-order valence-electron chi connectivity index (χ4n) is 4.87. The maximum atomic E-state index is 13.4. The Labute approximate surface area is 254 Å². The number of nitrogens with zero attached hydrogens (tertiary/aromatic N) is 1. The number of hydrogen-bond acceptors (Lipinski definition) is 6. The number of unbranched alkanes of at least 4 members (excludes halogenated alkanes) is 2. The number of ether oxygens (including phenoxy) is 1. The summed E-state index contributed by atoms with van der Waals surface area (Å²) in [4.78, 5) is 62.5. The fourth-order valence-corrected chi connectivity index (χ4v) is 4.87. The van der Waals surface area contributed by atoms with Gasteiger partial charge in [-0.3, -0.25) is 24.0 Å². The lowest BCUT2D eigenvalue weighted by Crippen LogP contribution is -2.33. The van der Waals surface area contributed by atoms with Gasteiger partial charge in [-0.15, -0.1) is 0 Å². The van der Waals surface area contributed by atoms with Crippen LogP contribution >= 0.6 is 0 Å². The molecule has 0 radical (unpaired) electrons. The van der Waals surface area contributed by atoms with Crippen molar-refractivity contribution in [3.63, 3.8) is 0 Å². The summed E-state index contributed by atoms with van der Waals surface area (Å²) in [7, 11) is 0. The van der Waals surface area contributed by atoms with Gasteiger partial charge in [-0.25, -0.2) is 0 Å². The molecule has 3 aromatic rings. The number of anilines is 2. The molecular formula is C33H34N4O7. The van der Waals surface area contributed by atoms with Crippen LogP contribution in [-0.4, -0.2) is 58.8 Å². The van der Waals surface area contributed by atoms with E-state index in [1.54, 1.807) is 54.6 Å². The molecule has 5 rings (SSSR count). The van der Waals surface area contributed by atoms with E-state index in [1.165, 1.54) is 0 Å². The molecule has 0 spiro atoms. The zero-order valence-corrected chi connectivity index (χ0v) is 24.1. The number of amides is 4. The molecule has 3 aromatic carbocycles. The number of carboxylic acid groups (broad SMARTS) is 1. The van der Waals surface area contributed by atoms with Gasteiger partial charge in [0, 0.05) is 47.9 Å². The number of carbonyl (C=O) groups excluding carboxylic acids is 4. The average molecular weight is 599 g/mol. The van der Waals surface area contributed by atoms with Crippen molar-refractivity contribution in [2.75, 3.05) is 23.8 Å². The SMILES string of the molecule is O=C(O)CCCCCNC(=O)c1ccc(NC(=O)c2ccc(CN(C(=O)c3ccc4c(c3)OCC(=O)N4)C3CC3)cc2)cc1. The molecule has 44 heavy (non-hydrogen) atoms. The molecule has 1 aliphatic carbocycles. The summed E-state index contributed by atoms with van der Waals surface area (Å²) in [5.74, 6) is -1.23. The molecule has 2 aliphatic rings. The second-order valence-corrected chi connectivity index (χ2v) is 10.9. The van der Waals surface area contributed by atoms with Crippen LogP contribution in [0.2, 0.25) is 0 Å². The van der Waals surface area contributed by atoms with Crippen molar-refractivity contribution in [3.8, 4) is 5.75 Å². The molecule has 4 amide bonds. The Balaban J connectivity index is 1.12. The van der Waals surface area contributed by atoms with E-state index in [-0.39, 0.29) is 42.7 Å². The van der Waals surface area contributed by atoms with Crippen molar-refractivity contribution in [2.45, 2.75) is 51.1 Å². The highest BCUT2D eigenvalue weighted by Crippen LogP contribution is 2.33. The third-order valence-electron chi connectivity index (χ3n) is 7.44. The predicted octanol–water partition coefficient (Wildman–Crippen LogP) is 4.45. The van der Waals surface area contributed by atoms with Gasteiger partial charge >= 0.3 is 5.97 Å². The van der Waals surface area contributed by atoms with Gasteiger partial charge in [0.05, 0.1) is 5.69 Å². The van der Waals surface area contributed by atoms with Crippen LogP contribution in [0.4, 0.5) is 11.4 Å². The quantitative estimate of drug-likeness (QED) is 0.212. The molecule has 1 saturated carbocycles. The summed E-state index contributed by atoms with van der Waals surface area (Å²) in [6, 6.07) is 18.8. The lowest BCUT2D eigenvalue weighted by Gasteiger charge is -2.24. The van der Waals surface area contributed by atoms with E-state index in [4.69, 9.17) is 9.84 Å². The van der Waals surface area contributed by atoms with Gasteiger partial charge in [-0.2, -0.15) is 0 Å². The van der Waals surface area contributed by atoms with Crippen molar-refractivity contribution in [1.82, 2.24) is 10.2 Å². The first-order valence-corrected chi connectivity index (χ1v) is 14.6. The zero-order chi connectivity index (χ0) is 31.1. The first-order chi connectivity index (χ1) is 21.3. The Hall–Kier alpha value is -5.19. The molecule has 0 bridgehead atoms. The van der Waals surface area contributed by atoms with Crippen molar-refractivity contribution >= 4 is 41.0 Å². The van der Waals surface area contributed by atoms with E-state index in [0.717, 1.165) is 24.8 Å². The maximum absolute atomic E-state index is 13.4. The number of benzene rings is 3. The summed E-state index contributed by atoms with van der Waals surface area (Å²) >= 11 is 0. The molecule has 1 aliphatic heterocycles. The third-order valence-corrected chi connectivity index (χ3v) is 7.44. The first kappa shape index (κ1) is 30.3. The lowest BCUT2D eigenvalue weighted by atomic mass is 10.1. The van der Waals surface area contributed by atoms with Gasteiger partial charge in [-0.1, -0.05) is 18.6 Å². The average Bonchev–Trinajstić information content (AvgIpc) is 3.87. The topological polar surface area (TPSA) is 154 Å². The van der Waals surface area contributed by atoms with Gasteiger partial charge in [0.2, 0.25) is 0 Å². The molecule has 0 unspecified atom stereocenters. The zero-order valence-electron chi connectivity index (χ0n) is 24.1. The number of rotatable bonds is 13. The van der Waals surface area contributed by atoms with Gasteiger partial charge in [0.15, 0.2) is 6.61 Å². The monoisotopic (exact) mass is 598 g/mol. The van der Waals surface area contributed by atoms with Gasteiger partial charge in [-0.05, 0) is 85.8 Å². The summed E-state index contributed by atoms with van der Waals surface area (Å²) in [6.07, 6.45) is 3.99. The van der Waals surface area contributed by atoms with Crippen LogP contribution < -0.4 is 20.7 Å². The maximum Gasteiger partial charge on any atom is 0.303 e. The minimum Gasteiger partial charge on any atom is -0.482 e. The number of carbonyl (C=O) groups is 5. The van der Waals surface area contributed by atoms with Crippen LogP contribution in [0.15, 0.2) is 66.7 Å². The van der Waals surface area contributed by atoms with Crippen LogP contribution in [0, 0.1) is 0 Å². The minimum atomic E-state index is -0.819. The predicted molar refractivity (Wildman–Crippen MR) is 163 cm³/mol. The highest BCUT2D eigenvalue weighted by Gasteiger charge is 2.33. The van der Waals surface area contributed by atoms with E-state index < -0.39 is 5.97 Å². The van der Waals surface area contributed by atoms with Gasteiger partial charge < -0.3 is 30.7 Å². The second-order valence-electron chi connectivity index (χ2n) is 10.9. The van der Waals surface area contributed by atoms with Crippen LogP contribution in [0.3, 0.4) is 0 Å². The van der Waals surface area contributed by atoms with Crippen LogP contribution in [0.25, 0.3) is 0 Å². The van der Waals surface area contributed by atoms with Gasteiger partial charge in [0.1, 0.15) is 5.75 Å². The Morgan fingerprint density at radius 1 is 0.864 bits per heavy atom. The van der Waals surface area contributed by atoms with Crippen LogP contribution in [0.5, 0.6) is 5.75 Å². The molecule has 11 nitrogen and oxygen atoms in total. The molecular weight excluding hydrogens is 564 g/mol. The molecule has 0 saturated heterocycles. The number of fused-ring (bicyclic) bond motifs is 1. The van der Waals surface area contributed by atoms with Crippen LogP contribution in [-0.2, 0) is 16.1 Å². The van der Waals surface area contributed by atoms with Crippen molar-refractivity contribution in [2.24, 2.45) is 0 Å². The molecule has 4 N–H and O–H groups in total. The Bertz CT molecular complexity index is 1550. The lowest BCUT2D eigenvalue weighted by molar-refractivity contribution is -0.137. The third kappa shape index (κ3) is 8.00. The van der Waals surface area contributed by atoms with Crippen molar-refractivity contribution in [3.05, 3.63) is 89.0 Å². The first-order valence-electron chi connectivity index (χ1n) is 14.6. The highest BCUT2D eigenvalue weighted by molar-refractivity contribution is 6.04. The minimum absolute atomic E-state index is 0.0840. The number of nitrogens with one attached hydrogen (secondary N) is 3. The standard InChI is InChI=1S/C33H34N4O7/c38-29-20-44-28-18-24(11-16-27(28)36-29)33(43)37(26-14-15-26)19-21-5-7-23(8-6-21)32(42)35-25-12-9-22(10-13-25)31(41)34-17-3-1-2-4-30(39)40/h5-13,16,18,26H,1-4,14-15,17,19-20H2,(H,34,41)(H,35,42)(H,36,38)(H,39,40). The van der Waals surface area contributed by atoms with E-state index in [1.807, 2.05) is 17.0 Å². The summed E-state index contributed by atoms with van der Waals surface area (Å²) < 4.78 is 5.47. The second kappa shape index (κ2) is 13.9. The van der Waals surface area contributed by atoms with Crippen molar-refractivity contribution in [1.29, 1.82) is 0 Å². The van der Waals surface area contributed by atoms with Crippen LogP contribution in [0.1, 0.15) is 75.2 Å². The molecule has 11 heteroatoms. The summed E-state index contributed by atoms with van der Waals surface area (Å²) in [6.45, 7) is 0.772. The van der Waals surface area contributed by atoms with Crippen molar-refractivity contribution < 1.29 is 33.8 Å². The molecule has 1 heterocycles. The van der Waals surface area contributed by atoms with E-state index in [0.29, 0.717) is 59.7 Å². The molecule has 1 fully saturated rings. The summed E-state index contributed by atoms with van der Waals surface area (Å²) in [5, 5.41) is 17.0. The summed E-state index contributed by atoms with van der Waals surface area (Å²) in [5.41, 5.74) is 3.38. The Morgan fingerprint density at radius 3 is 2.25 bits per heavy atom. The Kier molecular flexibility index (Phi) is 9.53. The normalized spacial score (nSPS) is 13.6. The van der Waals surface area contributed by atoms with E-state index in [2.05, 4.69) is 16.0 Å². The fraction of sp³-hybridized carbons (Fsp3) is 0.303. The number of carboxylic acids is 1. The highest BCUT2D eigenvalue weighted by atomic mass is 16.5.